The van der Waals surface area contributed by atoms with E-state index in [1.807, 2.05) is 0 Å². The number of hydrogen-bond donors (Lipinski definition) is 1. The molecule has 0 atom stereocenters. The zero-order valence-corrected chi connectivity index (χ0v) is 16.5. The normalized spacial score (nSPS) is 10.5. The molecule has 7 nitrogen and oxygen atoms in total. The van der Waals surface area contributed by atoms with E-state index < -0.39 is 5.97 Å². The summed E-state index contributed by atoms with van der Waals surface area (Å²) in [5.74, 6) is 0.928. The molecular weight excluding hydrogens is 384 g/mol. The molecule has 0 aliphatic carbocycles. The average molecular weight is 404 g/mol. The Kier molecular flexibility index (Phi) is 6.78. The summed E-state index contributed by atoms with van der Waals surface area (Å²) in [6.45, 7) is 0. The van der Waals surface area contributed by atoms with Crippen LogP contribution >= 0.6 is 0 Å². The van der Waals surface area contributed by atoms with E-state index in [1.165, 1.54) is 6.21 Å². The van der Waals surface area contributed by atoms with Crippen molar-refractivity contribution in [2.24, 2.45) is 5.10 Å². The maximum Gasteiger partial charge on any atom is 0.343 e. The minimum absolute atomic E-state index is 0.334. The van der Waals surface area contributed by atoms with Crippen molar-refractivity contribution in [2.45, 2.75) is 0 Å². The Morgan fingerprint density at radius 1 is 0.733 bits per heavy atom. The Bertz CT molecular complexity index is 1030. The molecule has 0 saturated heterocycles. The van der Waals surface area contributed by atoms with Crippen molar-refractivity contribution in [1.29, 1.82) is 0 Å². The van der Waals surface area contributed by atoms with Gasteiger partial charge in [-0.3, -0.25) is 4.79 Å². The van der Waals surface area contributed by atoms with Crippen molar-refractivity contribution in [3.05, 3.63) is 89.5 Å². The zero-order chi connectivity index (χ0) is 21.3. The lowest BCUT2D eigenvalue weighted by atomic mass is 10.2. The van der Waals surface area contributed by atoms with Crippen molar-refractivity contribution < 1.29 is 23.8 Å². The molecule has 0 spiro atoms. The molecule has 0 heterocycles. The molecule has 0 aliphatic heterocycles. The van der Waals surface area contributed by atoms with Gasteiger partial charge in [0.1, 0.15) is 17.2 Å². The molecule has 1 amide bonds. The van der Waals surface area contributed by atoms with E-state index in [-0.39, 0.29) is 5.91 Å². The van der Waals surface area contributed by atoms with Gasteiger partial charge in [0, 0.05) is 5.56 Å². The lowest BCUT2D eigenvalue weighted by Gasteiger charge is -2.05. The van der Waals surface area contributed by atoms with E-state index in [9.17, 15) is 9.59 Å². The lowest BCUT2D eigenvalue weighted by molar-refractivity contribution is 0.0734. The largest absolute Gasteiger partial charge is 0.497 e. The highest BCUT2D eigenvalue weighted by Gasteiger charge is 2.09. The van der Waals surface area contributed by atoms with Crippen LogP contribution in [0.3, 0.4) is 0 Å². The Morgan fingerprint density at radius 3 is 1.77 bits per heavy atom. The number of ether oxygens (including phenoxy) is 3. The number of hydrogen-bond acceptors (Lipinski definition) is 6. The third-order valence-corrected chi connectivity index (χ3v) is 4.15. The number of nitrogens with zero attached hydrogens (tertiary/aromatic N) is 1. The Hall–Kier alpha value is -4.13. The summed E-state index contributed by atoms with van der Waals surface area (Å²) in [5, 5.41) is 3.94. The molecule has 7 heteroatoms. The third-order valence-electron chi connectivity index (χ3n) is 4.15. The van der Waals surface area contributed by atoms with Crippen LogP contribution in [0.1, 0.15) is 26.3 Å². The highest BCUT2D eigenvalue weighted by Crippen LogP contribution is 2.16. The predicted octanol–water partition coefficient (Wildman–Crippen LogP) is 3.69. The van der Waals surface area contributed by atoms with Crippen molar-refractivity contribution in [3.63, 3.8) is 0 Å². The number of amides is 1. The topological polar surface area (TPSA) is 86.2 Å². The van der Waals surface area contributed by atoms with Crippen LogP contribution in [0, 0.1) is 0 Å². The van der Waals surface area contributed by atoms with Gasteiger partial charge in [0.15, 0.2) is 0 Å². The van der Waals surface area contributed by atoms with Gasteiger partial charge >= 0.3 is 5.97 Å². The highest BCUT2D eigenvalue weighted by molar-refractivity contribution is 5.95. The van der Waals surface area contributed by atoms with E-state index >= 15 is 0 Å². The van der Waals surface area contributed by atoms with Gasteiger partial charge in [-0.1, -0.05) is 0 Å². The zero-order valence-electron chi connectivity index (χ0n) is 16.5. The third kappa shape index (κ3) is 5.45. The summed E-state index contributed by atoms with van der Waals surface area (Å²) in [6, 6.07) is 20.1. The standard InChI is InChI=1S/C23H20N2O5/c1-28-19-11-5-17(6-12-19)22(26)25-24-15-16-3-9-21(10-4-16)30-23(27)18-7-13-20(29-2)14-8-18/h3-15H,1-2H3,(H,25,26). The molecular formula is C23H20N2O5. The van der Waals surface area contributed by atoms with Crippen LogP contribution in [-0.2, 0) is 0 Å². The maximum absolute atomic E-state index is 12.2. The smallest absolute Gasteiger partial charge is 0.343 e. The fourth-order valence-electron chi connectivity index (χ4n) is 2.49. The Labute approximate surface area is 173 Å². The number of benzene rings is 3. The van der Waals surface area contributed by atoms with E-state index in [0.29, 0.717) is 28.4 Å². The summed E-state index contributed by atoms with van der Waals surface area (Å²) < 4.78 is 15.5. The molecule has 0 saturated carbocycles. The molecule has 30 heavy (non-hydrogen) atoms. The summed E-state index contributed by atoms with van der Waals surface area (Å²) in [5.41, 5.74) is 4.07. The Balaban J connectivity index is 1.54. The second kappa shape index (κ2) is 9.88. The molecule has 152 valence electrons. The molecule has 0 aromatic heterocycles. The van der Waals surface area contributed by atoms with Crippen LogP contribution in [0.2, 0.25) is 0 Å². The van der Waals surface area contributed by atoms with Crippen LogP contribution in [0.25, 0.3) is 0 Å². The first-order valence-corrected chi connectivity index (χ1v) is 9.03. The second-order valence-corrected chi connectivity index (χ2v) is 6.11. The van der Waals surface area contributed by atoms with E-state index in [1.54, 1.807) is 87.0 Å². The number of carbonyl (C=O) groups excluding carboxylic acids is 2. The fourth-order valence-corrected chi connectivity index (χ4v) is 2.49. The number of nitrogens with one attached hydrogen (secondary N) is 1. The van der Waals surface area contributed by atoms with Gasteiger partial charge in [0.2, 0.25) is 0 Å². The highest BCUT2D eigenvalue weighted by atomic mass is 16.5. The molecule has 0 bridgehead atoms. The van der Waals surface area contributed by atoms with Crippen molar-refractivity contribution in [1.82, 2.24) is 5.43 Å². The number of esters is 1. The molecule has 3 aromatic carbocycles. The second-order valence-electron chi connectivity index (χ2n) is 6.11. The molecule has 0 unspecified atom stereocenters. The van der Waals surface area contributed by atoms with Gasteiger partial charge in [-0.05, 0) is 78.4 Å². The van der Waals surface area contributed by atoms with Crippen LogP contribution in [0.5, 0.6) is 17.2 Å². The van der Waals surface area contributed by atoms with Gasteiger partial charge in [-0.25, -0.2) is 10.2 Å². The first kappa shape index (κ1) is 20.6. The van der Waals surface area contributed by atoms with Gasteiger partial charge < -0.3 is 14.2 Å². The molecule has 3 rings (SSSR count). The van der Waals surface area contributed by atoms with Crippen LogP contribution in [0.15, 0.2) is 77.9 Å². The van der Waals surface area contributed by atoms with Crippen molar-refractivity contribution >= 4 is 18.1 Å². The number of hydrazone groups is 1. The van der Waals surface area contributed by atoms with E-state index in [0.717, 1.165) is 5.56 Å². The number of methoxy groups -OCH3 is 2. The van der Waals surface area contributed by atoms with Crippen molar-refractivity contribution in [2.75, 3.05) is 14.2 Å². The minimum Gasteiger partial charge on any atom is -0.497 e. The molecule has 0 aliphatic rings. The predicted molar refractivity (Wildman–Crippen MR) is 112 cm³/mol. The molecule has 1 N–H and O–H groups in total. The fraction of sp³-hybridized carbons (Fsp3) is 0.0870. The summed E-state index contributed by atoms with van der Waals surface area (Å²) in [6.07, 6.45) is 1.50. The molecule has 0 fully saturated rings. The van der Waals surface area contributed by atoms with E-state index in [2.05, 4.69) is 10.5 Å². The first-order chi connectivity index (χ1) is 14.6. The van der Waals surface area contributed by atoms with Crippen LogP contribution < -0.4 is 19.6 Å². The minimum atomic E-state index is -0.467. The van der Waals surface area contributed by atoms with E-state index in [4.69, 9.17) is 14.2 Å². The van der Waals surface area contributed by atoms with Gasteiger partial charge in [0.25, 0.3) is 5.91 Å². The van der Waals surface area contributed by atoms with Gasteiger partial charge in [-0.2, -0.15) is 5.10 Å². The number of rotatable bonds is 7. The summed E-state index contributed by atoms with van der Waals surface area (Å²) in [7, 11) is 3.12. The Morgan fingerprint density at radius 2 is 1.23 bits per heavy atom. The quantitative estimate of drug-likeness (QED) is 0.281. The van der Waals surface area contributed by atoms with Gasteiger partial charge in [0.05, 0.1) is 26.0 Å². The SMILES string of the molecule is COc1ccc(C(=O)NN=Cc2ccc(OC(=O)c3ccc(OC)cc3)cc2)cc1. The van der Waals surface area contributed by atoms with Crippen molar-refractivity contribution in [3.8, 4) is 17.2 Å². The first-order valence-electron chi connectivity index (χ1n) is 9.03. The lowest BCUT2D eigenvalue weighted by Crippen LogP contribution is -2.17. The summed E-state index contributed by atoms with van der Waals surface area (Å²) in [4.78, 5) is 24.2. The monoisotopic (exact) mass is 404 g/mol. The van der Waals surface area contributed by atoms with Crippen LogP contribution in [0.4, 0.5) is 0 Å². The average Bonchev–Trinajstić information content (AvgIpc) is 2.80. The number of carbonyl (C=O) groups is 2. The molecule has 0 radical (unpaired) electrons. The van der Waals surface area contributed by atoms with Crippen LogP contribution in [-0.4, -0.2) is 32.3 Å². The maximum atomic E-state index is 12.2. The van der Waals surface area contributed by atoms with Gasteiger partial charge in [-0.15, -0.1) is 0 Å². The summed E-state index contributed by atoms with van der Waals surface area (Å²) >= 11 is 0. The molecule has 3 aromatic rings.